The number of halogens is 1. The Morgan fingerprint density at radius 2 is 2.12 bits per heavy atom. The van der Waals surface area contributed by atoms with Crippen LogP contribution in [0, 0.1) is 21.3 Å². The number of hydrogen-bond acceptors (Lipinski definition) is 3. The van der Waals surface area contributed by atoms with Crippen molar-refractivity contribution in [2.24, 2.45) is 5.41 Å². The molecule has 0 aromatic heterocycles. The third-order valence-corrected chi connectivity index (χ3v) is 2.34. The van der Waals surface area contributed by atoms with Crippen LogP contribution >= 0.6 is 0 Å². The van der Waals surface area contributed by atoms with Crippen LogP contribution in [0.5, 0.6) is 0 Å². The summed E-state index contributed by atoms with van der Waals surface area (Å²) >= 11 is 0. The van der Waals surface area contributed by atoms with Crippen molar-refractivity contribution in [1.29, 1.82) is 0 Å². The van der Waals surface area contributed by atoms with Gasteiger partial charge in [-0.2, -0.15) is 0 Å². The van der Waals surface area contributed by atoms with Crippen LogP contribution < -0.4 is 0 Å². The first-order valence-corrected chi connectivity index (χ1v) is 4.89. The molecule has 0 unspecified atom stereocenters. The smallest absolute Gasteiger partial charge is 0.272 e. The van der Waals surface area contributed by atoms with Gasteiger partial charge in [-0.3, -0.25) is 10.1 Å². The lowest BCUT2D eigenvalue weighted by Gasteiger charge is -2.21. The fourth-order valence-corrected chi connectivity index (χ4v) is 1.36. The van der Waals surface area contributed by atoms with Crippen LogP contribution in [0.15, 0.2) is 18.2 Å². The molecule has 4 nitrogen and oxygen atoms in total. The SMILES string of the molecule is CC(C)(CO)Cc1ccc([N+](=O)[O-])cc1F. The minimum absolute atomic E-state index is 0.0660. The Labute approximate surface area is 92.9 Å². The maximum absolute atomic E-state index is 13.5. The summed E-state index contributed by atoms with van der Waals surface area (Å²) in [7, 11) is 0. The van der Waals surface area contributed by atoms with Gasteiger partial charge in [0.1, 0.15) is 5.82 Å². The van der Waals surface area contributed by atoms with E-state index in [1.165, 1.54) is 12.1 Å². The summed E-state index contributed by atoms with van der Waals surface area (Å²) in [5.41, 5.74) is -0.315. The van der Waals surface area contributed by atoms with Crippen LogP contribution in [0.3, 0.4) is 0 Å². The summed E-state index contributed by atoms with van der Waals surface area (Å²) in [6.07, 6.45) is 0.341. The van der Waals surface area contributed by atoms with Crippen molar-refractivity contribution in [1.82, 2.24) is 0 Å². The van der Waals surface area contributed by atoms with E-state index in [1.54, 1.807) is 13.8 Å². The van der Waals surface area contributed by atoms with Crippen molar-refractivity contribution in [3.8, 4) is 0 Å². The molecule has 16 heavy (non-hydrogen) atoms. The third kappa shape index (κ3) is 3.00. The molecule has 1 rings (SSSR count). The number of nitro benzene ring substituents is 1. The number of non-ortho nitro benzene ring substituents is 1. The molecule has 1 aromatic carbocycles. The number of nitro groups is 1. The van der Waals surface area contributed by atoms with Gasteiger partial charge in [0, 0.05) is 12.7 Å². The molecule has 1 N–H and O–H groups in total. The van der Waals surface area contributed by atoms with Gasteiger partial charge in [0.2, 0.25) is 0 Å². The van der Waals surface area contributed by atoms with E-state index in [4.69, 9.17) is 5.11 Å². The van der Waals surface area contributed by atoms with Gasteiger partial charge in [0.25, 0.3) is 5.69 Å². The Kier molecular flexibility index (Phi) is 3.59. The van der Waals surface area contributed by atoms with Gasteiger partial charge >= 0.3 is 0 Å². The maximum atomic E-state index is 13.5. The molecule has 1 aromatic rings. The molecule has 0 bridgehead atoms. The summed E-state index contributed by atoms with van der Waals surface area (Å²) in [5, 5.41) is 19.5. The largest absolute Gasteiger partial charge is 0.396 e. The molecular formula is C11H14FNO3. The molecule has 0 heterocycles. The summed E-state index contributed by atoms with van der Waals surface area (Å²) in [6, 6.07) is 3.57. The molecule has 88 valence electrons. The lowest BCUT2D eigenvalue weighted by molar-refractivity contribution is -0.385. The molecule has 5 heteroatoms. The fourth-order valence-electron chi connectivity index (χ4n) is 1.36. The average Bonchev–Trinajstić information content (AvgIpc) is 2.20. The van der Waals surface area contributed by atoms with E-state index >= 15 is 0 Å². The standard InChI is InChI=1S/C11H14FNO3/c1-11(2,7-14)6-8-3-4-9(13(15)16)5-10(8)12/h3-5,14H,6-7H2,1-2H3. The number of aliphatic hydroxyl groups excluding tert-OH is 1. The minimum Gasteiger partial charge on any atom is -0.396 e. The van der Waals surface area contributed by atoms with Crippen LogP contribution in [-0.2, 0) is 6.42 Å². The fraction of sp³-hybridized carbons (Fsp3) is 0.455. The Morgan fingerprint density at radius 3 is 2.56 bits per heavy atom. The quantitative estimate of drug-likeness (QED) is 0.634. The van der Waals surface area contributed by atoms with E-state index in [2.05, 4.69) is 0 Å². The van der Waals surface area contributed by atoms with Gasteiger partial charge in [0.15, 0.2) is 0 Å². The van der Waals surface area contributed by atoms with Gasteiger partial charge < -0.3 is 5.11 Å². The normalized spacial score (nSPS) is 11.5. The van der Waals surface area contributed by atoms with E-state index in [0.717, 1.165) is 6.07 Å². The Hall–Kier alpha value is -1.49. The van der Waals surface area contributed by atoms with Crippen molar-refractivity contribution in [2.75, 3.05) is 6.61 Å². The van der Waals surface area contributed by atoms with Crippen molar-refractivity contribution < 1.29 is 14.4 Å². The predicted octanol–water partition coefficient (Wildman–Crippen LogP) is 2.29. The highest BCUT2D eigenvalue weighted by Gasteiger charge is 2.20. The molecule has 0 saturated heterocycles. The Balaban J connectivity index is 2.96. The Bertz CT molecular complexity index is 404. The van der Waals surface area contributed by atoms with Gasteiger partial charge in [-0.1, -0.05) is 13.8 Å². The first-order valence-electron chi connectivity index (χ1n) is 4.89. The van der Waals surface area contributed by atoms with Gasteiger partial charge in [-0.05, 0) is 23.5 Å². The summed E-state index contributed by atoms with van der Waals surface area (Å²) < 4.78 is 13.5. The topological polar surface area (TPSA) is 63.4 Å². The second-order valence-electron chi connectivity index (χ2n) is 4.53. The van der Waals surface area contributed by atoms with Crippen LogP contribution in [-0.4, -0.2) is 16.6 Å². The molecule has 0 aliphatic carbocycles. The molecule has 0 radical (unpaired) electrons. The highest BCUT2D eigenvalue weighted by Crippen LogP contribution is 2.24. The van der Waals surface area contributed by atoms with Crippen LogP contribution in [0.25, 0.3) is 0 Å². The molecule has 0 aliphatic heterocycles. The summed E-state index contributed by atoms with van der Waals surface area (Å²) in [6.45, 7) is 3.53. The summed E-state index contributed by atoms with van der Waals surface area (Å²) in [5.74, 6) is -0.601. The highest BCUT2D eigenvalue weighted by atomic mass is 19.1. The van der Waals surface area contributed by atoms with Gasteiger partial charge in [-0.15, -0.1) is 0 Å². The van der Waals surface area contributed by atoms with Crippen molar-refractivity contribution in [3.63, 3.8) is 0 Å². The molecule has 0 amide bonds. The highest BCUT2D eigenvalue weighted by molar-refractivity contribution is 5.34. The lowest BCUT2D eigenvalue weighted by atomic mass is 9.86. The zero-order valence-corrected chi connectivity index (χ0v) is 9.24. The third-order valence-electron chi connectivity index (χ3n) is 2.34. The number of hydrogen-bond donors (Lipinski definition) is 1. The number of aliphatic hydroxyl groups is 1. The number of nitrogens with zero attached hydrogens (tertiary/aromatic N) is 1. The first-order chi connectivity index (χ1) is 7.35. The van der Waals surface area contributed by atoms with Crippen LogP contribution in [0.2, 0.25) is 0 Å². The van der Waals surface area contributed by atoms with E-state index in [0.29, 0.717) is 12.0 Å². The van der Waals surface area contributed by atoms with Crippen LogP contribution in [0.4, 0.5) is 10.1 Å². The van der Waals surface area contributed by atoms with Crippen LogP contribution in [0.1, 0.15) is 19.4 Å². The second-order valence-corrected chi connectivity index (χ2v) is 4.53. The molecule has 0 fully saturated rings. The molecular weight excluding hydrogens is 213 g/mol. The zero-order chi connectivity index (χ0) is 12.3. The second kappa shape index (κ2) is 4.57. The summed E-state index contributed by atoms with van der Waals surface area (Å²) in [4.78, 5) is 9.77. The van der Waals surface area contributed by atoms with Crippen molar-refractivity contribution in [3.05, 3.63) is 39.7 Å². The molecule has 0 aliphatic rings. The van der Waals surface area contributed by atoms with E-state index < -0.39 is 16.2 Å². The van der Waals surface area contributed by atoms with E-state index in [1.807, 2.05) is 0 Å². The molecule has 0 saturated carbocycles. The number of benzene rings is 1. The zero-order valence-electron chi connectivity index (χ0n) is 9.24. The van der Waals surface area contributed by atoms with Crippen molar-refractivity contribution >= 4 is 5.69 Å². The average molecular weight is 227 g/mol. The maximum Gasteiger partial charge on any atom is 0.272 e. The lowest BCUT2D eigenvalue weighted by Crippen LogP contribution is -2.20. The van der Waals surface area contributed by atoms with E-state index in [9.17, 15) is 14.5 Å². The minimum atomic E-state index is -0.635. The van der Waals surface area contributed by atoms with E-state index in [-0.39, 0.29) is 12.3 Å². The molecule has 0 spiro atoms. The van der Waals surface area contributed by atoms with Gasteiger partial charge in [-0.25, -0.2) is 4.39 Å². The predicted molar refractivity (Wildman–Crippen MR) is 57.6 cm³/mol. The molecule has 0 atom stereocenters. The Morgan fingerprint density at radius 1 is 1.50 bits per heavy atom. The van der Waals surface area contributed by atoms with Crippen molar-refractivity contribution in [2.45, 2.75) is 20.3 Å². The van der Waals surface area contributed by atoms with Gasteiger partial charge in [0.05, 0.1) is 11.0 Å². The first kappa shape index (κ1) is 12.6. The number of rotatable bonds is 4. The monoisotopic (exact) mass is 227 g/mol.